The van der Waals surface area contributed by atoms with Crippen LogP contribution in [-0.4, -0.2) is 47.0 Å². The van der Waals surface area contributed by atoms with Crippen molar-refractivity contribution in [1.29, 1.82) is 0 Å². The van der Waals surface area contributed by atoms with Crippen LogP contribution in [0.3, 0.4) is 0 Å². The van der Waals surface area contributed by atoms with Crippen LogP contribution in [0.1, 0.15) is 23.7 Å². The van der Waals surface area contributed by atoms with E-state index in [2.05, 4.69) is 31.1 Å². The molecule has 1 atom stereocenters. The molecule has 1 unspecified atom stereocenters. The lowest BCUT2D eigenvalue weighted by atomic mass is 10.0. The summed E-state index contributed by atoms with van der Waals surface area (Å²) in [5, 5.41) is 7.65. The summed E-state index contributed by atoms with van der Waals surface area (Å²) < 4.78 is 11.0. The van der Waals surface area contributed by atoms with Crippen molar-refractivity contribution in [3.05, 3.63) is 60.2 Å². The number of ether oxygens (including phenoxy) is 2. The first-order valence-electron chi connectivity index (χ1n) is 9.15. The van der Waals surface area contributed by atoms with E-state index >= 15 is 0 Å². The standard InChI is InChI=1S/C20H23N5O2/c1-26-17-4-2-5-18(13-17)27-11-7-16-12-19(24-23-16)15-6-10-25(14-15)20-21-8-3-9-22-20/h2-5,8-9,12-13,15H,6-7,10-11,14H2,1H3,(H,23,24). The normalized spacial score (nSPS) is 16.5. The molecule has 4 rings (SSSR count). The Balaban J connectivity index is 1.30. The van der Waals surface area contributed by atoms with Gasteiger partial charge in [0.15, 0.2) is 0 Å². The van der Waals surface area contributed by atoms with Crippen molar-refractivity contribution in [2.45, 2.75) is 18.8 Å². The van der Waals surface area contributed by atoms with Crippen LogP contribution in [-0.2, 0) is 6.42 Å². The SMILES string of the molecule is COc1cccc(OCCc2cc(C3CCN(c4ncccn4)C3)n[nH]2)c1. The fourth-order valence-corrected chi connectivity index (χ4v) is 3.32. The fraction of sp³-hybridized carbons (Fsp3) is 0.350. The minimum Gasteiger partial charge on any atom is -0.497 e. The molecule has 140 valence electrons. The van der Waals surface area contributed by atoms with Gasteiger partial charge in [-0.15, -0.1) is 0 Å². The third-order valence-electron chi connectivity index (χ3n) is 4.77. The molecule has 0 amide bonds. The number of aromatic nitrogens is 4. The van der Waals surface area contributed by atoms with Crippen LogP contribution < -0.4 is 14.4 Å². The molecule has 2 aromatic heterocycles. The van der Waals surface area contributed by atoms with Crippen molar-refractivity contribution in [3.63, 3.8) is 0 Å². The van der Waals surface area contributed by atoms with Gasteiger partial charge in [-0.1, -0.05) is 6.07 Å². The zero-order valence-corrected chi connectivity index (χ0v) is 15.3. The molecule has 0 spiro atoms. The average molecular weight is 365 g/mol. The van der Waals surface area contributed by atoms with Gasteiger partial charge in [0.2, 0.25) is 5.95 Å². The quantitative estimate of drug-likeness (QED) is 0.694. The number of benzene rings is 1. The maximum absolute atomic E-state index is 5.81. The molecule has 1 saturated heterocycles. The minimum absolute atomic E-state index is 0.401. The zero-order valence-electron chi connectivity index (χ0n) is 15.3. The molecule has 1 aromatic carbocycles. The highest BCUT2D eigenvalue weighted by Gasteiger charge is 2.27. The van der Waals surface area contributed by atoms with Crippen molar-refractivity contribution in [1.82, 2.24) is 20.2 Å². The maximum Gasteiger partial charge on any atom is 0.225 e. The van der Waals surface area contributed by atoms with Crippen LogP contribution >= 0.6 is 0 Å². The van der Waals surface area contributed by atoms with Crippen LogP contribution in [0.15, 0.2) is 48.8 Å². The smallest absolute Gasteiger partial charge is 0.225 e. The van der Waals surface area contributed by atoms with E-state index < -0.39 is 0 Å². The molecule has 3 heterocycles. The monoisotopic (exact) mass is 365 g/mol. The summed E-state index contributed by atoms with van der Waals surface area (Å²) in [5.74, 6) is 2.80. The van der Waals surface area contributed by atoms with E-state index in [0.717, 1.165) is 54.8 Å². The minimum atomic E-state index is 0.401. The number of hydrogen-bond donors (Lipinski definition) is 1. The summed E-state index contributed by atoms with van der Waals surface area (Å²) in [5.41, 5.74) is 2.19. The predicted octanol–water partition coefficient (Wildman–Crippen LogP) is 2.82. The second-order valence-corrected chi connectivity index (χ2v) is 6.58. The van der Waals surface area contributed by atoms with Gasteiger partial charge in [-0.2, -0.15) is 5.10 Å². The number of H-pyrrole nitrogens is 1. The van der Waals surface area contributed by atoms with Gasteiger partial charge >= 0.3 is 0 Å². The Bertz CT molecular complexity index is 868. The molecule has 1 aliphatic heterocycles. The highest BCUT2D eigenvalue weighted by molar-refractivity contribution is 5.34. The van der Waals surface area contributed by atoms with E-state index in [9.17, 15) is 0 Å². The molecule has 1 N–H and O–H groups in total. The molecule has 7 heteroatoms. The zero-order chi connectivity index (χ0) is 18.5. The van der Waals surface area contributed by atoms with E-state index in [1.807, 2.05) is 30.3 Å². The number of nitrogens with one attached hydrogen (secondary N) is 1. The van der Waals surface area contributed by atoms with Gasteiger partial charge in [0, 0.05) is 49.6 Å². The van der Waals surface area contributed by atoms with Gasteiger partial charge < -0.3 is 14.4 Å². The van der Waals surface area contributed by atoms with Gasteiger partial charge in [-0.25, -0.2) is 9.97 Å². The van der Waals surface area contributed by atoms with Gasteiger partial charge in [0.1, 0.15) is 11.5 Å². The Morgan fingerprint density at radius 1 is 1.15 bits per heavy atom. The van der Waals surface area contributed by atoms with Crippen LogP contribution in [0, 0.1) is 0 Å². The molecule has 1 aliphatic rings. The van der Waals surface area contributed by atoms with E-state index in [0.29, 0.717) is 12.5 Å². The fourth-order valence-electron chi connectivity index (χ4n) is 3.32. The Morgan fingerprint density at radius 3 is 2.85 bits per heavy atom. The molecule has 0 saturated carbocycles. The molecule has 7 nitrogen and oxygen atoms in total. The van der Waals surface area contributed by atoms with Crippen molar-refractivity contribution in [2.24, 2.45) is 0 Å². The predicted molar refractivity (Wildman–Crippen MR) is 102 cm³/mol. The first-order chi connectivity index (χ1) is 13.3. The topological polar surface area (TPSA) is 76.2 Å². The second-order valence-electron chi connectivity index (χ2n) is 6.58. The van der Waals surface area contributed by atoms with Gasteiger partial charge in [-0.05, 0) is 30.7 Å². The Kier molecular flexibility index (Phi) is 5.18. The molecule has 0 aliphatic carbocycles. The highest BCUT2D eigenvalue weighted by Crippen LogP contribution is 2.28. The second kappa shape index (κ2) is 8.07. The average Bonchev–Trinajstić information content (AvgIpc) is 3.38. The lowest BCUT2D eigenvalue weighted by Crippen LogP contribution is -2.21. The molecule has 27 heavy (non-hydrogen) atoms. The van der Waals surface area contributed by atoms with Crippen LogP contribution in [0.5, 0.6) is 11.5 Å². The number of aromatic amines is 1. The molecular weight excluding hydrogens is 342 g/mol. The number of hydrogen-bond acceptors (Lipinski definition) is 6. The lowest BCUT2D eigenvalue weighted by Gasteiger charge is -2.14. The summed E-state index contributed by atoms with van der Waals surface area (Å²) in [6.45, 7) is 2.44. The summed E-state index contributed by atoms with van der Waals surface area (Å²) in [6, 6.07) is 11.6. The summed E-state index contributed by atoms with van der Waals surface area (Å²) >= 11 is 0. The van der Waals surface area contributed by atoms with Crippen LogP contribution in [0.2, 0.25) is 0 Å². The number of nitrogens with zero attached hydrogens (tertiary/aromatic N) is 4. The van der Waals surface area contributed by atoms with E-state index in [1.54, 1.807) is 19.5 Å². The first-order valence-corrected chi connectivity index (χ1v) is 9.15. The summed E-state index contributed by atoms with van der Waals surface area (Å²) in [4.78, 5) is 10.9. The van der Waals surface area contributed by atoms with Crippen LogP contribution in [0.4, 0.5) is 5.95 Å². The van der Waals surface area contributed by atoms with Gasteiger partial charge in [-0.3, -0.25) is 5.10 Å². The van der Waals surface area contributed by atoms with Gasteiger partial charge in [0.25, 0.3) is 0 Å². The van der Waals surface area contributed by atoms with E-state index in [4.69, 9.17) is 9.47 Å². The number of rotatable bonds is 7. The van der Waals surface area contributed by atoms with Crippen LogP contribution in [0.25, 0.3) is 0 Å². The van der Waals surface area contributed by atoms with Crippen molar-refractivity contribution < 1.29 is 9.47 Å². The van der Waals surface area contributed by atoms with Gasteiger partial charge in [0.05, 0.1) is 19.4 Å². The molecule has 0 bridgehead atoms. The van der Waals surface area contributed by atoms with E-state index in [1.165, 1.54) is 0 Å². The summed E-state index contributed by atoms with van der Waals surface area (Å²) in [7, 11) is 1.65. The largest absolute Gasteiger partial charge is 0.497 e. The molecule has 0 radical (unpaired) electrons. The molecule has 1 fully saturated rings. The van der Waals surface area contributed by atoms with Crippen molar-refractivity contribution >= 4 is 5.95 Å². The third kappa shape index (κ3) is 4.19. The van der Waals surface area contributed by atoms with Crippen molar-refractivity contribution in [2.75, 3.05) is 31.7 Å². The maximum atomic E-state index is 5.81. The number of methoxy groups -OCH3 is 1. The Morgan fingerprint density at radius 2 is 2.00 bits per heavy atom. The van der Waals surface area contributed by atoms with E-state index in [-0.39, 0.29) is 0 Å². The Hall–Kier alpha value is -3.09. The third-order valence-corrected chi connectivity index (χ3v) is 4.77. The molecule has 3 aromatic rings. The Labute approximate surface area is 158 Å². The molecular formula is C20H23N5O2. The highest BCUT2D eigenvalue weighted by atomic mass is 16.5. The number of anilines is 1. The van der Waals surface area contributed by atoms with Crippen molar-refractivity contribution in [3.8, 4) is 11.5 Å². The summed E-state index contributed by atoms with van der Waals surface area (Å²) in [6.07, 6.45) is 5.40. The first kappa shape index (κ1) is 17.3. The lowest BCUT2D eigenvalue weighted by molar-refractivity contribution is 0.317.